The summed E-state index contributed by atoms with van der Waals surface area (Å²) in [4.78, 5) is 16.3. The van der Waals surface area contributed by atoms with Gasteiger partial charge in [0.2, 0.25) is 0 Å². The van der Waals surface area contributed by atoms with Gasteiger partial charge in [-0.2, -0.15) is 0 Å². The Kier molecular flexibility index (Phi) is 12.7. The lowest BCUT2D eigenvalue weighted by Crippen LogP contribution is -2.38. The molecule has 1 aromatic rings. The molecule has 3 N–H and O–H groups in total. The van der Waals surface area contributed by atoms with Crippen LogP contribution in [-0.2, 0) is 15.9 Å². The Labute approximate surface area is 162 Å². The summed E-state index contributed by atoms with van der Waals surface area (Å²) in [5.74, 6) is 0.756. The lowest BCUT2D eigenvalue weighted by molar-refractivity contribution is 0.0690. The van der Waals surface area contributed by atoms with E-state index in [-0.39, 0.29) is 5.91 Å². The molecule has 0 saturated carbocycles. The summed E-state index contributed by atoms with van der Waals surface area (Å²) in [7, 11) is 3.31. The van der Waals surface area contributed by atoms with E-state index in [0.717, 1.165) is 57.0 Å². The molecule has 0 radical (unpaired) electrons. The third-order valence-corrected chi connectivity index (χ3v) is 3.87. The number of carbonyl (C=O) groups is 1. The van der Waals surface area contributed by atoms with Crippen molar-refractivity contribution < 1.29 is 14.3 Å². The summed E-state index contributed by atoms with van der Waals surface area (Å²) in [6, 6.07) is 7.68. The summed E-state index contributed by atoms with van der Waals surface area (Å²) in [6.45, 7) is 6.40. The molecule has 152 valence electrons. The molecule has 0 spiro atoms. The van der Waals surface area contributed by atoms with E-state index < -0.39 is 0 Å². The molecular formula is C20H34N4O3. The number of unbranched alkanes of at least 4 members (excludes halogenated alkanes) is 1. The fraction of sp³-hybridized carbons (Fsp3) is 0.600. The normalized spacial score (nSPS) is 11.3. The van der Waals surface area contributed by atoms with Gasteiger partial charge in [0.15, 0.2) is 5.96 Å². The predicted octanol–water partition coefficient (Wildman–Crippen LogP) is 1.59. The molecule has 0 fully saturated rings. The van der Waals surface area contributed by atoms with Crippen LogP contribution >= 0.6 is 0 Å². The minimum Gasteiger partial charge on any atom is -0.382 e. The van der Waals surface area contributed by atoms with Gasteiger partial charge in [-0.1, -0.05) is 12.1 Å². The van der Waals surface area contributed by atoms with Crippen molar-refractivity contribution in [2.24, 2.45) is 4.99 Å². The molecule has 7 nitrogen and oxygen atoms in total. The summed E-state index contributed by atoms with van der Waals surface area (Å²) < 4.78 is 10.4. The summed E-state index contributed by atoms with van der Waals surface area (Å²) in [5.41, 5.74) is 1.80. The molecule has 1 amide bonds. The lowest BCUT2D eigenvalue weighted by Gasteiger charge is -2.12. The van der Waals surface area contributed by atoms with Crippen LogP contribution in [0.4, 0.5) is 0 Å². The molecule has 1 rings (SSSR count). The zero-order chi connectivity index (χ0) is 19.7. The molecule has 0 bridgehead atoms. The Balaban J connectivity index is 2.32. The number of ether oxygens (including phenoxy) is 2. The molecule has 0 unspecified atom stereocenters. The Bertz CT molecular complexity index is 564. The monoisotopic (exact) mass is 378 g/mol. The number of methoxy groups -OCH3 is 1. The van der Waals surface area contributed by atoms with E-state index in [0.29, 0.717) is 18.8 Å². The van der Waals surface area contributed by atoms with Gasteiger partial charge in [0, 0.05) is 46.0 Å². The average molecular weight is 379 g/mol. The van der Waals surface area contributed by atoms with Gasteiger partial charge in [-0.25, -0.2) is 0 Å². The van der Waals surface area contributed by atoms with E-state index in [1.165, 1.54) is 0 Å². The van der Waals surface area contributed by atoms with Crippen molar-refractivity contribution in [2.45, 2.75) is 26.2 Å². The van der Waals surface area contributed by atoms with Crippen LogP contribution in [0.1, 0.15) is 35.7 Å². The topological polar surface area (TPSA) is 84.0 Å². The molecule has 0 saturated heterocycles. The maximum Gasteiger partial charge on any atom is 0.251 e. The smallest absolute Gasteiger partial charge is 0.251 e. The Morgan fingerprint density at radius 1 is 1.15 bits per heavy atom. The van der Waals surface area contributed by atoms with Crippen LogP contribution in [0, 0.1) is 0 Å². The van der Waals surface area contributed by atoms with Crippen LogP contribution in [0.15, 0.2) is 29.3 Å². The van der Waals surface area contributed by atoms with Gasteiger partial charge >= 0.3 is 0 Å². The first-order valence-electron chi connectivity index (χ1n) is 9.61. The van der Waals surface area contributed by atoms with Crippen molar-refractivity contribution in [3.05, 3.63) is 35.4 Å². The van der Waals surface area contributed by atoms with E-state index in [1.807, 2.05) is 31.2 Å². The number of guanidine groups is 1. The molecule has 27 heavy (non-hydrogen) atoms. The molecular weight excluding hydrogens is 344 g/mol. The van der Waals surface area contributed by atoms with Gasteiger partial charge in [0.1, 0.15) is 0 Å². The van der Waals surface area contributed by atoms with Crippen LogP contribution in [0.2, 0.25) is 0 Å². The van der Waals surface area contributed by atoms with Crippen molar-refractivity contribution in [3.8, 4) is 0 Å². The number of amides is 1. The number of rotatable bonds is 13. The fourth-order valence-corrected chi connectivity index (χ4v) is 2.43. The van der Waals surface area contributed by atoms with Crippen molar-refractivity contribution in [1.29, 1.82) is 0 Å². The van der Waals surface area contributed by atoms with E-state index in [4.69, 9.17) is 9.47 Å². The second kappa shape index (κ2) is 15.0. The first-order valence-corrected chi connectivity index (χ1v) is 9.61. The highest BCUT2D eigenvalue weighted by molar-refractivity contribution is 5.94. The number of benzene rings is 1. The largest absolute Gasteiger partial charge is 0.382 e. The highest BCUT2D eigenvalue weighted by Crippen LogP contribution is 2.05. The molecule has 0 aliphatic rings. The lowest BCUT2D eigenvalue weighted by atomic mass is 10.1. The minimum atomic E-state index is -0.0640. The van der Waals surface area contributed by atoms with E-state index in [2.05, 4.69) is 20.9 Å². The third-order valence-electron chi connectivity index (χ3n) is 3.87. The molecule has 0 aliphatic heterocycles. The van der Waals surface area contributed by atoms with Gasteiger partial charge in [0.25, 0.3) is 5.91 Å². The average Bonchev–Trinajstić information content (AvgIpc) is 2.69. The van der Waals surface area contributed by atoms with E-state index in [1.54, 1.807) is 14.2 Å². The number of nitrogens with one attached hydrogen (secondary N) is 3. The standard InChI is InChI=1S/C20H34N4O3/c1-4-22-20(23-11-5-6-13-27-15-14-26-3)24-12-10-17-8-7-9-18(16-17)19(25)21-2/h7-9,16H,4-6,10-15H2,1-3H3,(H,21,25)(H2,22,23,24). The second-order valence-corrected chi connectivity index (χ2v) is 6.03. The Morgan fingerprint density at radius 2 is 2.00 bits per heavy atom. The van der Waals surface area contributed by atoms with Crippen molar-refractivity contribution in [3.63, 3.8) is 0 Å². The molecule has 0 heterocycles. The van der Waals surface area contributed by atoms with E-state index in [9.17, 15) is 4.79 Å². The van der Waals surface area contributed by atoms with E-state index >= 15 is 0 Å². The number of nitrogens with zero attached hydrogens (tertiary/aromatic N) is 1. The van der Waals surface area contributed by atoms with Crippen LogP contribution in [0.25, 0.3) is 0 Å². The van der Waals surface area contributed by atoms with Crippen molar-refractivity contribution in [1.82, 2.24) is 16.0 Å². The molecule has 0 aliphatic carbocycles. The zero-order valence-electron chi connectivity index (χ0n) is 16.8. The van der Waals surface area contributed by atoms with Crippen LogP contribution < -0.4 is 16.0 Å². The van der Waals surface area contributed by atoms with Gasteiger partial charge in [-0.3, -0.25) is 9.79 Å². The second-order valence-electron chi connectivity index (χ2n) is 6.03. The summed E-state index contributed by atoms with van der Waals surface area (Å²) in [5, 5.41) is 9.24. The number of hydrogen-bond acceptors (Lipinski definition) is 4. The molecule has 1 aromatic carbocycles. The number of carbonyl (C=O) groups excluding carboxylic acids is 1. The quantitative estimate of drug-likeness (QED) is 0.276. The van der Waals surface area contributed by atoms with Gasteiger partial charge < -0.3 is 25.4 Å². The van der Waals surface area contributed by atoms with Crippen LogP contribution in [0.5, 0.6) is 0 Å². The van der Waals surface area contributed by atoms with Crippen LogP contribution in [-0.4, -0.2) is 65.5 Å². The number of aliphatic imine (C=N–C) groups is 1. The SMILES string of the molecule is CCNC(=NCCCCOCCOC)NCCc1cccc(C(=O)NC)c1. The highest BCUT2D eigenvalue weighted by atomic mass is 16.5. The molecule has 0 atom stereocenters. The summed E-state index contributed by atoms with van der Waals surface area (Å²) in [6.07, 6.45) is 2.79. The van der Waals surface area contributed by atoms with Gasteiger partial charge in [-0.05, 0) is 43.9 Å². The maximum absolute atomic E-state index is 11.7. The summed E-state index contributed by atoms with van der Waals surface area (Å²) >= 11 is 0. The maximum atomic E-state index is 11.7. The van der Waals surface area contributed by atoms with Gasteiger partial charge in [0.05, 0.1) is 13.2 Å². The Morgan fingerprint density at radius 3 is 2.74 bits per heavy atom. The van der Waals surface area contributed by atoms with Crippen molar-refractivity contribution >= 4 is 11.9 Å². The highest BCUT2D eigenvalue weighted by Gasteiger charge is 2.04. The van der Waals surface area contributed by atoms with Crippen LogP contribution in [0.3, 0.4) is 0 Å². The number of hydrogen-bond donors (Lipinski definition) is 3. The Hall–Kier alpha value is -2.12. The fourth-order valence-electron chi connectivity index (χ4n) is 2.43. The molecule has 7 heteroatoms. The first-order chi connectivity index (χ1) is 13.2. The predicted molar refractivity (Wildman–Crippen MR) is 109 cm³/mol. The zero-order valence-corrected chi connectivity index (χ0v) is 16.8. The van der Waals surface area contributed by atoms with Gasteiger partial charge in [-0.15, -0.1) is 0 Å². The third kappa shape index (κ3) is 10.6. The molecule has 0 aromatic heterocycles. The van der Waals surface area contributed by atoms with Crippen molar-refractivity contribution in [2.75, 3.05) is 53.6 Å². The first kappa shape index (κ1) is 22.9. The minimum absolute atomic E-state index is 0.0640.